The second-order valence-corrected chi connectivity index (χ2v) is 3.73. The highest BCUT2D eigenvalue weighted by molar-refractivity contribution is 7.85. The third kappa shape index (κ3) is 2.07. The van der Waals surface area contributed by atoms with Crippen LogP contribution in [0.2, 0.25) is 0 Å². The number of nitriles is 1. The number of nitrogens with zero attached hydrogens (tertiary/aromatic N) is 1. The molecule has 0 amide bonds. The zero-order valence-electron chi connectivity index (χ0n) is 6.33. The minimum Gasteiger partial charge on any atom is -0.192 e. The third-order valence-electron chi connectivity index (χ3n) is 1.42. The van der Waals surface area contributed by atoms with Gasteiger partial charge in [-0.05, 0) is 0 Å². The molecule has 0 fully saturated rings. The van der Waals surface area contributed by atoms with Gasteiger partial charge in [0.05, 0.1) is 0 Å². The monoisotopic (exact) mass is 195 g/mol. The van der Waals surface area contributed by atoms with Crippen molar-refractivity contribution in [2.75, 3.05) is 0 Å². The molecule has 3 heteroatoms. The normalized spacial score (nSPS) is 8.75. The lowest BCUT2D eigenvalue weighted by molar-refractivity contribution is 1.52. The minimum atomic E-state index is 0.601. The Morgan fingerprint density at radius 1 is 1.17 bits per heavy atom. The Hall–Kier alpha value is -0.850. The number of rotatable bonds is 1. The summed E-state index contributed by atoms with van der Waals surface area (Å²) in [6, 6.07) is 11.6. The van der Waals surface area contributed by atoms with Crippen LogP contribution in [0, 0.1) is 11.3 Å². The smallest absolute Gasteiger partial charge is 0.192 e. The second-order valence-electron chi connectivity index (χ2n) is 2.23. The molecular formula is C9H9NS2+2. The first kappa shape index (κ1) is 9.24. The highest BCUT2D eigenvalue weighted by atomic mass is 32.2. The molecule has 60 valence electrons. The highest BCUT2D eigenvalue weighted by Crippen LogP contribution is 2.15. The maximum atomic E-state index is 8.78. The number of benzene rings is 1. The van der Waals surface area contributed by atoms with E-state index in [9.17, 15) is 0 Å². The molecule has 0 atom stereocenters. The number of hydrogen-bond donors (Lipinski definition) is 0. The van der Waals surface area contributed by atoms with E-state index in [-0.39, 0.29) is 0 Å². The van der Waals surface area contributed by atoms with E-state index in [1.165, 1.54) is 0 Å². The topological polar surface area (TPSA) is 23.8 Å². The Bertz CT molecular complexity index is 331. The van der Waals surface area contributed by atoms with Crippen LogP contribution < -0.4 is 0 Å². The number of allylic oxidation sites excluding steroid dienone is 1. The molecule has 12 heavy (non-hydrogen) atoms. The van der Waals surface area contributed by atoms with Gasteiger partial charge in [-0.2, -0.15) is 5.26 Å². The van der Waals surface area contributed by atoms with Gasteiger partial charge in [-0.25, -0.2) is 0 Å². The van der Waals surface area contributed by atoms with Crippen molar-refractivity contribution < 1.29 is 0 Å². The Morgan fingerprint density at radius 2 is 1.75 bits per heavy atom. The summed E-state index contributed by atoms with van der Waals surface area (Å²) in [5.41, 5.74) is 1.50. The lowest BCUT2D eigenvalue weighted by Gasteiger charge is -1.92. The molecule has 1 aromatic carbocycles. The van der Waals surface area contributed by atoms with Crippen molar-refractivity contribution in [3.05, 3.63) is 40.1 Å². The molecule has 0 saturated carbocycles. The van der Waals surface area contributed by atoms with Crippen LogP contribution in [0.1, 0.15) is 5.56 Å². The van der Waals surface area contributed by atoms with E-state index in [1.54, 1.807) is 0 Å². The van der Waals surface area contributed by atoms with Gasteiger partial charge in [0, 0.05) is 30.8 Å². The van der Waals surface area contributed by atoms with Gasteiger partial charge in [0.15, 0.2) is 5.57 Å². The quantitative estimate of drug-likeness (QED) is 0.482. The van der Waals surface area contributed by atoms with Crippen molar-refractivity contribution in [3.8, 4) is 6.07 Å². The molecule has 0 radical (unpaired) electrons. The van der Waals surface area contributed by atoms with Gasteiger partial charge < -0.3 is 0 Å². The summed E-state index contributed by atoms with van der Waals surface area (Å²) in [6.45, 7) is 0. The zero-order valence-corrected chi connectivity index (χ0v) is 8.33. The fourth-order valence-electron chi connectivity index (χ4n) is 0.870. The summed E-state index contributed by atoms with van der Waals surface area (Å²) in [5, 5.41) is 8.78. The molecule has 1 aromatic rings. The van der Waals surface area contributed by atoms with Crippen molar-refractivity contribution in [2.24, 2.45) is 0 Å². The molecule has 0 spiro atoms. The van der Waals surface area contributed by atoms with Gasteiger partial charge in [0.25, 0.3) is 0 Å². The van der Waals surface area contributed by atoms with Gasteiger partial charge in [-0.1, -0.05) is 30.3 Å². The molecule has 0 bridgehead atoms. The van der Waals surface area contributed by atoms with Crippen LogP contribution in [0.5, 0.6) is 0 Å². The van der Waals surface area contributed by atoms with E-state index in [4.69, 9.17) is 5.26 Å². The molecule has 0 unspecified atom stereocenters. The average molecular weight is 195 g/mol. The van der Waals surface area contributed by atoms with Gasteiger partial charge in [0.2, 0.25) is 0 Å². The Balaban J connectivity index is 3.17. The van der Waals surface area contributed by atoms with E-state index >= 15 is 0 Å². The summed E-state index contributed by atoms with van der Waals surface area (Å²) in [4.78, 5) is 0. The molecule has 0 aliphatic rings. The maximum absolute atomic E-state index is 8.78. The van der Waals surface area contributed by atoms with E-state index in [2.05, 4.69) is 31.3 Å². The lowest BCUT2D eigenvalue weighted by Crippen LogP contribution is -1.83. The minimum absolute atomic E-state index is 0.601. The SMILES string of the molecule is N#CC(=C([SH2+])[SH2+])c1ccccc1. The molecule has 0 heterocycles. The van der Waals surface area contributed by atoms with Gasteiger partial charge in [0.1, 0.15) is 6.07 Å². The fraction of sp³-hybridized carbons (Fsp3) is 0. The molecule has 0 aromatic heterocycles. The molecule has 0 N–H and O–H groups in total. The van der Waals surface area contributed by atoms with Crippen LogP contribution in [0.15, 0.2) is 34.6 Å². The summed E-state index contributed by atoms with van der Waals surface area (Å²) in [7, 11) is 0. The third-order valence-corrected chi connectivity index (χ3v) is 1.92. The molecule has 0 aliphatic carbocycles. The van der Waals surface area contributed by atoms with Crippen LogP contribution in [0.4, 0.5) is 0 Å². The maximum Gasteiger partial charge on any atom is 0.338 e. The van der Waals surface area contributed by atoms with Crippen molar-refractivity contribution in [1.82, 2.24) is 0 Å². The van der Waals surface area contributed by atoms with Crippen LogP contribution in [0.3, 0.4) is 0 Å². The first-order valence-corrected chi connectivity index (χ1v) is 4.38. The van der Waals surface area contributed by atoms with Crippen molar-refractivity contribution >= 4 is 30.8 Å². The lowest BCUT2D eigenvalue weighted by atomic mass is 10.1. The summed E-state index contributed by atoms with van der Waals surface area (Å²) >= 11 is 6.52. The Morgan fingerprint density at radius 3 is 2.17 bits per heavy atom. The summed E-state index contributed by atoms with van der Waals surface area (Å²) in [5.74, 6) is 0. The first-order chi connectivity index (χ1) is 5.75. The van der Waals surface area contributed by atoms with Crippen molar-refractivity contribution in [2.45, 2.75) is 0 Å². The Labute approximate surface area is 82.5 Å². The average Bonchev–Trinajstić information content (AvgIpc) is 2.07. The van der Waals surface area contributed by atoms with Crippen LogP contribution >= 0.6 is 0 Å². The standard InChI is InChI=1S/C9H7NS2/c10-6-8(9(11)12)7-4-2-1-3-5-7/h1-5,11-12H/p+2. The van der Waals surface area contributed by atoms with Gasteiger partial charge >= 0.3 is 4.24 Å². The summed E-state index contributed by atoms with van der Waals surface area (Å²) < 4.78 is 0.670. The summed E-state index contributed by atoms with van der Waals surface area (Å²) in [6.07, 6.45) is 0. The van der Waals surface area contributed by atoms with E-state index in [0.717, 1.165) is 5.56 Å². The van der Waals surface area contributed by atoms with Gasteiger partial charge in [-0.3, -0.25) is 0 Å². The predicted octanol–water partition coefficient (Wildman–Crippen LogP) is 0.902. The van der Waals surface area contributed by atoms with Crippen LogP contribution in [-0.2, 0) is 25.3 Å². The van der Waals surface area contributed by atoms with Crippen LogP contribution in [0.25, 0.3) is 5.57 Å². The fourth-order valence-corrected chi connectivity index (χ4v) is 1.27. The molecule has 1 rings (SSSR count). The van der Waals surface area contributed by atoms with Crippen molar-refractivity contribution in [3.63, 3.8) is 0 Å². The highest BCUT2D eigenvalue weighted by Gasteiger charge is 2.10. The molecular weight excluding hydrogens is 186 g/mol. The molecule has 0 aliphatic heterocycles. The Kier molecular flexibility index (Phi) is 3.27. The number of hydrogen-bond acceptors (Lipinski definition) is 1. The molecule has 1 nitrogen and oxygen atoms in total. The zero-order chi connectivity index (χ0) is 8.97. The van der Waals surface area contributed by atoms with E-state index < -0.39 is 0 Å². The first-order valence-electron chi connectivity index (χ1n) is 3.38. The van der Waals surface area contributed by atoms with E-state index in [1.807, 2.05) is 30.3 Å². The predicted molar refractivity (Wildman–Crippen MR) is 59.3 cm³/mol. The van der Waals surface area contributed by atoms with Crippen molar-refractivity contribution in [1.29, 1.82) is 5.26 Å². The van der Waals surface area contributed by atoms with Gasteiger partial charge in [-0.15, -0.1) is 0 Å². The molecule has 0 saturated heterocycles. The second kappa shape index (κ2) is 4.24. The van der Waals surface area contributed by atoms with E-state index in [0.29, 0.717) is 9.81 Å². The van der Waals surface area contributed by atoms with Crippen LogP contribution in [-0.4, -0.2) is 0 Å². The largest absolute Gasteiger partial charge is 0.338 e.